The molecule has 0 spiro atoms. The minimum Gasteiger partial charge on any atom is -0.309 e. The first kappa shape index (κ1) is 16.6. The topological polar surface area (TPSA) is 12.0 Å². The van der Waals surface area contributed by atoms with Gasteiger partial charge in [0.2, 0.25) is 0 Å². The summed E-state index contributed by atoms with van der Waals surface area (Å²) in [7, 11) is 0. The van der Waals surface area contributed by atoms with Crippen molar-refractivity contribution in [3.63, 3.8) is 0 Å². The standard InChI is InChI=1S/C17H29NS/c1-6-10-18-17(12-19-15(5)7-2)16-9-8-13(3)14(4)11-16/h8-9,11,15,17-18H,6-7,10,12H2,1-5H3. The minimum atomic E-state index is 0.484. The fourth-order valence-electron chi connectivity index (χ4n) is 1.95. The van der Waals surface area contributed by atoms with Gasteiger partial charge in [-0.15, -0.1) is 0 Å². The lowest BCUT2D eigenvalue weighted by molar-refractivity contribution is 0.576. The van der Waals surface area contributed by atoms with E-state index in [1.54, 1.807) is 0 Å². The van der Waals surface area contributed by atoms with E-state index in [9.17, 15) is 0 Å². The lowest BCUT2D eigenvalue weighted by atomic mass is 10.0. The molecule has 1 aromatic rings. The number of benzene rings is 1. The second kappa shape index (κ2) is 8.65. The number of thioether (sulfide) groups is 1. The molecule has 0 fully saturated rings. The molecule has 19 heavy (non-hydrogen) atoms. The molecule has 1 rings (SSSR count). The third-order valence-corrected chi connectivity index (χ3v) is 5.12. The van der Waals surface area contributed by atoms with Crippen molar-refractivity contribution >= 4 is 11.8 Å². The highest BCUT2D eigenvalue weighted by Crippen LogP contribution is 2.24. The molecule has 1 aromatic carbocycles. The maximum absolute atomic E-state index is 3.69. The molecule has 0 bridgehead atoms. The average Bonchev–Trinajstić information content (AvgIpc) is 2.42. The summed E-state index contributed by atoms with van der Waals surface area (Å²) in [4.78, 5) is 0. The van der Waals surface area contributed by atoms with Crippen molar-refractivity contribution in [1.29, 1.82) is 0 Å². The van der Waals surface area contributed by atoms with Crippen molar-refractivity contribution in [2.45, 2.75) is 58.8 Å². The van der Waals surface area contributed by atoms with Crippen LogP contribution in [0.25, 0.3) is 0 Å². The van der Waals surface area contributed by atoms with Crippen molar-refractivity contribution in [1.82, 2.24) is 5.32 Å². The maximum Gasteiger partial charge on any atom is 0.0412 e. The van der Waals surface area contributed by atoms with Gasteiger partial charge in [-0.25, -0.2) is 0 Å². The van der Waals surface area contributed by atoms with Crippen LogP contribution in [0.5, 0.6) is 0 Å². The minimum absolute atomic E-state index is 0.484. The Kier molecular flexibility index (Phi) is 7.55. The molecule has 0 heterocycles. The summed E-state index contributed by atoms with van der Waals surface area (Å²) in [5.74, 6) is 1.16. The quantitative estimate of drug-likeness (QED) is 0.728. The largest absolute Gasteiger partial charge is 0.309 e. The summed E-state index contributed by atoms with van der Waals surface area (Å²) in [5.41, 5.74) is 4.22. The molecule has 0 saturated heterocycles. The van der Waals surface area contributed by atoms with E-state index < -0.39 is 0 Å². The smallest absolute Gasteiger partial charge is 0.0412 e. The van der Waals surface area contributed by atoms with Crippen LogP contribution in [0.15, 0.2) is 18.2 Å². The Hall–Kier alpha value is -0.470. The molecule has 0 aliphatic heterocycles. The number of hydrogen-bond donors (Lipinski definition) is 1. The SMILES string of the molecule is CCCNC(CSC(C)CC)c1ccc(C)c(C)c1. The Bertz CT molecular complexity index is 376. The van der Waals surface area contributed by atoms with Gasteiger partial charge in [0.15, 0.2) is 0 Å². The summed E-state index contributed by atoms with van der Waals surface area (Å²) in [6.45, 7) is 12.3. The number of rotatable bonds is 8. The Morgan fingerprint density at radius 3 is 2.47 bits per heavy atom. The number of hydrogen-bond acceptors (Lipinski definition) is 2. The van der Waals surface area contributed by atoms with Gasteiger partial charge in [0, 0.05) is 17.0 Å². The van der Waals surface area contributed by atoms with Crippen molar-refractivity contribution in [2.75, 3.05) is 12.3 Å². The average molecular weight is 279 g/mol. The van der Waals surface area contributed by atoms with Gasteiger partial charge >= 0.3 is 0 Å². The van der Waals surface area contributed by atoms with Gasteiger partial charge in [0.1, 0.15) is 0 Å². The fourth-order valence-corrected chi connectivity index (χ4v) is 3.02. The Labute approximate surface area is 123 Å². The Balaban J connectivity index is 2.73. The highest BCUT2D eigenvalue weighted by molar-refractivity contribution is 7.99. The molecule has 1 nitrogen and oxygen atoms in total. The van der Waals surface area contributed by atoms with Crippen molar-refractivity contribution < 1.29 is 0 Å². The Morgan fingerprint density at radius 1 is 1.16 bits per heavy atom. The van der Waals surface area contributed by atoms with Gasteiger partial charge in [-0.05, 0) is 49.9 Å². The predicted molar refractivity (Wildman–Crippen MR) is 89.2 cm³/mol. The molecule has 108 valence electrons. The van der Waals surface area contributed by atoms with E-state index in [4.69, 9.17) is 0 Å². The first-order chi connectivity index (χ1) is 9.08. The second-order valence-corrected chi connectivity index (χ2v) is 6.87. The highest BCUT2D eigenvalue weighted by atomic mass is 32.2. The molecule has 2 unspecified atom stereocenters. The molecule has 0 aromatic heterocycles. The van der Waals surface area contributed by atoms with E-state index >= 15 is 0 Å². The first-order valence-corrected chi connectivity index (χ1v) is 8.55. The predicted octanol–water partition coefficient (Wildman–Crippen LogP) is 4.88. The lowest BCUT2D eigenvalue weighted by Crippen LogP contribution is -2.25. The second-order valence-electron chi connectivity index (χ2n) is 5.40. The Morgan fingerprint density at radius 2 is 1.89 bits per heavy atom. The van der Waals surface area contributed by atoms with Crippen LogP contribution >= 0.6 is 11.8 Å². The molecular weight excluding hydrogens is 250 g/mol. The van der Waals surface area contributed by atoms with Crippen LogP contribution in [-0.4, -0.2) is 17.5 Å². The maximum atomic E-state index is 3.69. The molecule has 0 saturated carbocycles. The summed E-state index contributed by atoms with van der Waals surface area (Å²) < 4.78 is 0. The van der Waals surface area contributed by atoms with E-state index in [1.807, 2.05) is 0 Å². The summed E-state index contributed by atoms with van der Waals surface area (Å²) in [6.07, 6.45) is 2.44. The van der Waals surface area contributed by atoms with Crippen LogP contribution in [0.4, 0.5) is 0 Å². The van der Waals surface area contributed by atoms with Crippen LogP contribution in [0.3, 0.4) is 0 Å². The van der Waals surface area contributed by atoms with Gasteiger partial charge in [0.05, 0.1) is 0 Å². The summed E-state index contributed by atoms with van der Waals surface area (Å²) in [5, 5.41) is 4.44. The lowest BCUT2D eigenvalue weighted by Gasteiger charge is -2.21. The fraction of sp³-hybridized carbons (Fsp3) is 0.647. The molecule has 0 amide bonds. The molecule has 2 heteroatoms. The van der Waals surface area contributed by atoms with Crippen molar-refractivity contribution in [3.05, 3.63) is 34.9 Å². The molecule has 2 atom stereocenters. The van der Waals surface area contributed by atoms with Crippen LogP contribution in [-0.2, 0) is 0 Å². The first-order valence-electron chi connectivity index (χ1n) is 7.50. The number of nitrogens with one attached hydrogen (secondary N) is 1. The van der Waals surface area contributed by atoms with Gasteiger partial charge < -0.3 is 5.32 Å². The van der Waals surface area contributed by atoms with E-state index in [2.05, 4.69) is 69.9 Å². The molecule has 0 radical (unpaired) electrons. The van der Waals surface area contributed by atoms with Gasteiger partial charge in [-0.2, -0.15) is 11.8 Å². The third kappa shape index (κ3) is 5.58. The van der Waals surface area contributed by atoms with Crippen LogP contribution < -0.4 is 5.32 Å². The van der Waals surface area contributed by atoms with Crippen LogP contribution in [0, 0.1) is 13.8 Å². The highest BCUT2D eigenvalue weighted by Gasteiger charge is 2.13. The van der Waals surface area contributed by atoms with E-state index in [1.165, 1.54) is 29.5 Å². The third-order valence-electron chi connectivity index (χ3n) is 3.70. The van der Waals surface area contributed by atoms with Gasteiger partial charge in [0.25, 0.3) is 0 Å². The molecule has 0 aliphatic rings. The van der Waals surface area contributed by atoms with Crippen molar-refractivity contribution in [2.24, 2.45) is 0 Å². The monoisotopic (exact) mass is 279 g/mol. The van der Waals surface area contributed by atoms with E-state index in [0.717, 1.165) is 17.5 Å². The molecular formula is C17H29NS. The summed E-state index contributed by atoms with van der Waals surface area (Å²) in [6, 6.07) is 7.37. The number of aryl methyl sites for hydroxylation is 2. The van der Waals surface area contributed by atoms with Crippen molar-refractivity contribution in [3.8, 4) is 0 Å². The van der Waals surface area contributed by atoms with E-state index in [0.29, 0.717) is 6.04 Å². The summed E-state index contributed by atoms with van der Waals surface area (Å²) >= 11 is 2.08. The molecule has 0 aliphatic carbocycles. The van der Waals surface area contributed by atoms with Gasteiger partial charge in [-0.3, -0.25) is 0 Å². The zero-order valence-corrected chi connectivity index (χ0v) is 13.9. The normalized spacial score (nSPS) is 14.4. The van der Waals surface area contributed by atoms with Gasteiger partial charge in [-0.1, -0.05) is 39.0 Å². The van der Waals surface area contributed by atoms with Crippen LogP contribution in [0.1, 0.15) is 56.3 Å². The van der Waals surface area contributed by atoms with E-state index in [-0.39, 0.29) is 0 Å². The zero-order valence-electron chi connectivity index (χ0n) is 13.1. The molecule has 1 N–H and O–H groups in total. The van der Waals surface area contributed by atoms with Crippen LogP contribution in [0.2, 0.25) is 0 Å². The zero-order chi connectivity index (χ0) is 14.3.